The molecule has 7 heteroatoms. The molecule has 0 bridgehead atoms. The third kappa shape index (κ3) is 3.68. The molecule has 4 aromatic rings. The molecule has 0 spiro atoms. The molecular weight excluding hydrogens is 376 g/mol. The second-order valence-corrected chi connectivity index (χ2v) is 6.65. The van der Waals surface area contributed by atoms with E-state index in [1.807, 2.05) is 19.1 Å². The lowest BCUT2D eigenvalue weighted by Crippen LogP contribution is -2.07. The molecule has 0 aliphatic heterocycles. The molecule has 138 valence electrons. The van der Waals surface area contributed by atoms with Gasteiger partial charge in [-0.05, 0) is 36.8 Å². The third-order valence-electron chi connectivity index (χ3n) is 4.33. The first-order chi connectivity index (χ1) is 13.6. The first-order valence-corrected chi connectivity index (χ1v) is 8.93. The minimum Gasteiger partial charge on any atom is -0.444 e. The van der Waals surface area contributed by atoms with Crippen molar-refractivity contribution in [1.82, 2.24) is 19.9 Å². The number of aromatic nitrogens is 4. The lowest BCUT2D eigenvalue weighted by molar-refractivity contribution is 0.0991. The Hall–Kier alpha value is -3.38. The van der Waals surface area contributed by atoms with Crippen molar-refractivity contribution in [3.63, 3.8) is 0 Å². The summed E-state index contributed by atoms with van der Waals surface area (Å²) in [6, 6.07) is 7.22. The number of rotatable bonds is 5. The van der Waals surface area contributed by atoms with Gasteiger partial charge in [0.15, 0.2) is 17.9 Å². The highest BCUT2D eigenvalue weighted by Gasteiger charge is 2.13. The van der Waals surface area contributed by atoms with Crippen LogP contribution in [0.5, 0.6) is 0 Å². The molecule has 0 N–H and O–H groups in total. The van der Waals surface area contributed by atoms with Crippen molar-refractivity contribution in [2.45, 2.75) is 13.3 Å². The zero-order valence-electron chi connectivity index (χ0n) is 15.0. The van der Waals surface area contributed by atoms with Gasteiger partial charge in [0.05, 0.1) is 35.2 Å². The molecule has 6 nitrogen and oxygen atoms in total. The maximum absolute atomic E-state index is 12.5. The van der Waals surface area contributed by atoms with Crippen molar-refractivity contribution >= 4 is 17.4 Å². The van der Waals surface area contributed by atoms with E-state index in [1.165, 1.54) is 6.39 Å². The lowest BCUT2D eigenvalue weighted by atomic mass is 10.0. The zero-order chi connectivity index (χ0) is 19.5. The number of pyridine rings is 1. The van der Waals surface area contributed by atoms with E-state index in [0.29, 0.717) is 27.7 Å². The molecule has 0 radical (unpaired) electrons. The van der Waals surface area contributed by atoms with Crippen LogP contribution in [-0.4, -0.2) is 25.7 Å². The van der Waals surface area contributed by atoms with Crippen LogP contribution in [-0.2, 0) is 6.42 Å². The van der Waals surface area contributed by atoms with Gasteiger partial charge in [0.25, 0.3) is 0 Å². The maximum Gasteiger partial charge on any atom is 0.181 e. The van der Waals surface area contributed by atoms with Gasteiger partial charge < -0.3 is 4.42 Å². The number of carbonyl (C=O) groups is 1. The van der Waals surface area contributed by atoms with Gasteiger partial charge in [0, 0.05) is 35.3 Å². The number of hydrogen-bond donors (Lipinski definition) is 0. The number of nitrogens with zero attached hydrogens (tertiary/aromatic N) is 4. The number of ketones is 1. The molecule has 3 heterocycles. The van der Waals surface area contributed by atoms with Gasteiger partial charge in [-0.25, -0.2) is 4.98 Å². The van der Waals surface area contributed by atoms with Crippen LogP contribution >= 0.6 is 11.6 Å². The van der Waals surface area contributed by atoms with E-state index < -0.39 is 0 Å². The average molecular weight is 391 g/mol. The van der Waals surface area contributed by atoms with Gasteiger partial charge in [-0.2, -0.15) is 0 Å². The van der Waals surface area contributed by atoms with Crippen molar-refractivity contribution in [2.75, 3.05) is 0 Å². The van der Waals surface area contributed by atoms with Crippen LogP contribution in [0, 0.1) is 6.92 Å². The van der Waals surface area contributed by atoms with Gasteiger partial charge in [-0.15, -0.1) is 0 Å². The molecule has 4 rings (SSSR count). The predicted octanol–water partition coefficient (Wildman–Crippen LogP) is 4.58. The molecule has 1 aromatic carbocycles. The predicted molar refractivity (Wildman–Crippen MR) is 105 cm³/mol. The first kappa shape index (κ1) is 18.0. The minimum absolute atomic E-state index is 0.0210. The normalized spacial score (nSPS) is 10.8. The Balaban J connectivity index is 1.58. The summed E-state index contributed by atoms with van der Waals surface area (Å²) in [5.41, 5.74) is 4.25. The Labute approximate surface area is 166 Å². The van der Waals surface area contributed by atoms with E-state index in [4.69, 9.17) is 16.0 Å². The maximum atomic E-state index is 12.5. The van der Waals surface area contributed by atoms with Crippen LogP contribution in [0.2, 0.25) is 5.02 Å². The first-order valence-electron chi connectivity index (χ1n) is 8.55. The van der Waals surface area contributed by atoms with Crippen LogP contribution in [0.25, 0.3) is 22.6 Å². The monoisotopic (exact) mass is 390 g/mol. The zero-order valence-corrected chi connectivity index (χ0v) is 15.7. The second-order valence-electron chi connectivity index (χ2n) is 6.24. The highest BCUT2D eigenvalue weighted by atomic mass is 35.5. The van der Waals surface area contributed by atoms with Gasteiger partial charge in [0.1, 0.15) is 0 Å². The highest BCUT2D eigenvalue weighted by Crippen LogP contribution is 2.31. The van der Waals surface area contributed by atoms with Gasteiger partial charge in [0.2, 0.25) is 0 Å². The van der Waals surface area contributed by atoms with Crippen LogP contribution in [0.15, 0.2) is 66.1 Å². The Morgan fingerprint density at radius 1 is 1.07 bits per heavy atom. The van der Waals surface area contributed by atoms with Crippen molar-refractivity contribution in [3.05, 3.63) is 83.5 Å². The fraction of sp³-hybridized carbons (Fsp3) is 0.0952. The van der Waals surface area contributed by atoms with Crippen LogP contribution < -0.4 is 0 Å². The van der Waals surface area contributed by atoms with Crippen molar-refractivity contribution in [2.24, 2.45) is 0 Å². The Kier molecular flexibility index (Phi) is 4.95. The molecule has 0 saturated heterocycles. The molecule has 0 aliphatic rings. The number of oxazole rings is 1. The molecular formula is C21H15ClN4O2. The van der Waals surface area contributed by atoms with Gasteiger partial charge in [-0.3, -0.25) is 19.7 Å². The van der Waals surface area contributed by atoms with Gasteiger partial charge >= 0.3 is 0 Å². The SMILES string of the molecule is Cc1cnccc1C(=O)Cc1cnc(-c2cc(-c3cnco3)ccc2Cl)cn1. The smallest absolute Gasteiger partial charge is 0.181 e. The van der Waals surface area contributed by atoms with Gasteiger partial charge in [-0.1, -0.05) is 11.6 Å². The fourth-order valence-electron chi connectivity index (χ4n) is 2.86. The van der Waals surface area contributed by atoms with E-state index in [2.05, 4.69) is 19.9 Å². The number of hydrogen-bond acceptors (Lipinski definition) is 6. The van der Waals surface area contributed by atoms with E-state index in [1.54, 1.807) is 43.1 Å². The molecule has 0 aliphatic carbocycles. The van der Waals surface area contributed by atoms with Crippen LogP contribution in [0.1, 0.15) is 21.6 Å². The number of benzene rings is 1. The number of aryl methyl sites for hydroxylation is 1. The molecule has 0 saturated carbocycles. The Morgan fingerprint density at radius 2 is 1.96 bits per heavy atom. The third-order valence-corrected chi connectivity index (χ3v) is 4.66. The Morgan fingerprint density at radius 3 is 2.68 bits per heavy atom. The summed E-state index contributed by atoms with van der Waals surface area (Å²) < 4.78 is 5.33. The summed E-state index contributed by atoms with van der Waals surface area (Å²) in [4.78, 5) is 29.3. The van der Waals surface area contributed by atoms with E-state index in [9.17, 15) is 4.79 Å². The molecule has 0 amide bonds. The molecule has 0 unspecified atom stereocenters. The molecule has 0 fully saturated rings. The van der Waals surface area contributed by atoms with Crippen LogP contribution in [0.4, 0.5) is 0 Å². The minimum atomic E-state index is -0.0210. The van der Waals surface area contributed by atoms with Crippen molar-refractivity contribution in [3.8, 4) is 22.6 Å². The number of Topliss-reactive ketones (excluding diaryl/α,β-unsaturated/α-hetero) is 1. The lowest BCUT2D eigenvalue weighted by Gasteiger charge is -2.07. The van der Waals surface area contributed by atoms with Crippen molar-refractivity contribution in [1.29, 1.82) is 0 Å². The molecule has 3 aromatic heterocycles. The van der Waals surface area contributed by atoms with E-state index in [-0.39, 0.29) is 12.2 Å². The highest BCUT2D eigenvalue weighted by molar-refractivity contribution is 6.33. The van der Waals surface area contributed by atoms with Crippen molar-refractivity contribution < 1.29 is 9.21 Å². The average Bonchev–Trinajstić information content (AvgIpc) is 3.24. The summed E-state index contributed by atoms with van der Waals surface area (Å²) in [7, 11) is 0. The summed E-state index contributed by atoms with van der Waals surface area (Å²) in [6.45, 7) is 1.86. The standard InChI is InChI=1S/C21H15ClN4O2/c1-13-8-23-5-4-16(13)20(27)7-15-9-26-19(10-25-15)17-6-14(2-3-18(17)22)21-11-24-12-28-21/h2-6,8-12H,7H2,1H3. The number of halogens is 1. The summed E-state index contributed by atoms with van der Waals surface area (Å²) >= 11 is 6.34. The fourth-order valence-corrected chi connectivity index (χ4v) is 3.08. The summed E-state index contributed by atoms with van der Waals surface area (Å²) in [5.74, 6) is 0.619. The Bertz CT molecular complexity index is 1130. The van der Waals surface area contributed by atoms with Crippen LogP contribution in [0.3, 0.4) is 0 Å². The van der Waals surface area contributed by atoms with E-state index >= 15 is 0 Å². The summed E-state index contributed by atoms with van der Waals surface area (Å²) in [5, 5.41) is 0.550. The van der Waals surface area contributed by atoms with E-state index in [0.717, 1.165) is 16.7 Å². The largest absolute Gasteiger partial charge is 0.444 e. The number of carbonyl (C=O) groups excluding carboxylic acids is 1. The molecule has 28 heavy (non-hydrogen) atoms. The quantitative estimate of drug-likeness (QED) is 0.464. The topological polar surface area (TPSA) is 81.8 Å². The molecule has 0 atom stereocenters. The summed E-state index contributed by atoms with van der Waals surface area (Å²) in [6.07, 6.45) is 9.68. The second kappa shape index (κ2) is 7.70.